The van der Waals surface area contributed by atoms with Crippen molar-refractivity contribution in [1.82, 2.24) is 9.80 Å². The number of phenols is 1. The first-order chi connectivity index (χ1) is 18.7. The number of nitrogens with two attached hydrogens (primary N) is 2. The summed E-state index contributed by atoms with van der Waals surface area (Å²) in [5.41, 5.74) is 12.0. The predicted molar refractivity (Wildman–Crippen MR) is 158 cm³/mol. The molecule has 0 spiro atoms. The van der Waals surface area contributed by atoms with Crippen LogP contribution in [0, 0.1) is 0 Å². The summed E-state index contributed by atoms with van der Waals surface area (Å²) in [4.78, 5) is 33.1. The van der Waals surface area contributed by atoms with Gasteiger partial charge in [-0.1, -0.05) is 72.6 Å². The highest BCUT2D eigenvalue weighted by Gasteiger charge is 2.36. The van der Waals surface area contributed by atoms with E-state index >= 15 is 0 Å². The Hall–Kier alpha value is -3.49. The lowest BCUT2D eigenvalue weighted by Gasteiger charge is -2.40. The summed E-state index contributed by atoms with van der Waals surface area (Å²) in [6, 6.07) is 18.8. The zero-order valence-electron chi connectivity index (χ0n) is 22.0. The Balaban J connectivity index is 0.000000395. The van der Waals surface area contributed by atoms with E-state index in [0.29, 0.717) is 50.5 Å². The van der Waals surface area contributed by atoms with Gasteiger partial charge < -0.3 is 26.4 Å². The first-order valence-electron chi connectivity index (χ1n) is 12.9. The lowest BCUT2D eigenvalue weighted by atomic mass is 10.0. The SMILES string of the molecule is CCC(=O)N1CCN(CCc2ccc3ccccc3c2)C(=O)C1CCCN=C(N)N.Oc1ccc(Cl)cc1Cl. The molecule has 1 unspecified atom stereocenters. The molecule has 39 heavy (non-hydrogen) atoms. The Morgan fingerprint density at radius 1 is 1.05 bits per heavy atom. The quantitative estimate of drug-likeness (QED) is 0.207. The number of piperazine rings is 1. The van der Waals surface area contributed by atoms with E-state index in [9.17, 15) is 9.59 Å². The zero-order valence-corrected chi connectivity index (χ0v) is 23.5. The number of aromatic hydroxyl groups is 1. The number of guanidine groups is 1. The molecule has 4 rings (SSSR count). The van der Waals surface area contributed by atoms with Crippen LogP contribution in [0.15, 0.2) is 65.7 Å². The van der Waals surface area contributed by atoms with E-state index in [2.05, 4.69) is 35.3 Å². The van der Waals surface area contributed by atoms with Crippen molar-refractivity contribution in [2.24, 2.45) is 16.5 Å². The lowest BCUT2D eigenvalue weighted by Crippen LogP contribution is -2.58. The topological polar surface area (TPSA) is 125 Å². The highest BCUT2D eigenvalue weighted by molar-refractivity contribution is 6.35. The minimum atomic E-state index is -0.433. The second kappa shape index (κ2) is 14.6. The van der Waals surface area contributed by atoms with E-state index in [0.717, 1.165) is 6.42 Å². The molecule has 1 heterocycles. The van der Waals surface area contributed by atoms with Gasteiger partial charge in [-0.15, -0.1) is 0 Å². The maximum absolute atomic E-state index is 13.2. The highest BCUT2D eigenvalue weighted by Crippen LogP contribution is 2.25. The molecule has 0 saturated carbocycles. The van der Waals surface area contributed by atoms with Gasteiger partial charge in [0.05, 0.1) is 5.02 Å². The van der Waals surface area contributed by atoms with Crippen molar-refractivity contribution in [1.29, 1.82) is 0 Å². The summed E-state index contributed by atoms with van der Waals surface area (Å²) >= 11 is 11.0. The van der Waals surface area contributed by atoms with Gasteiger partial charge in [0.15, 0.2) is 5.96 Å². The van der Waals surface area contributed by atoms with Crippen molar-refractivity contribution in [3.05, 3.63) is 76.3 Å². The monoisotopic (exact) mass is 571 g/mol. The molecule has 0 radical (unpaired) electrons. The second-order valence-electron chi connectivity index (χ2n) is 9.26. The first kappa shape index (κ1) is 30.1. The normalized spacial score (nSPS) is 15.1. The van der Waals surface area contributed by atoms with Gasteiger partial charge in [0.25, 0.3) is 0 Å². The Morgan fingerprint density at radius 2 is 1.79 bits per heavy atom. The second-order valence-corrected chi connectivity index (χ2v) is 10.1. The molecule has 1 aliphatic rings. The third-order valence-electron chi connectivity index (χ3n) is 6.53. The number of amides is 2. The van der Waals surface area contributed by atoms with Crippen LogP contribution < -0.4 is 11.5 Å². The molecular formula is C29H35Cl2N5O3. The largest absolute Gasteiger partial charge is 0.506 e. The number of hydrogen-bond donors (Lipinski definition) is 3. The molecule has 3 aromatic rings. The van der Waals surface area contributed by atoms with Crippen molar-refractivity contribution in [2.45, 2.75) is 38.6 Å². The molecule has 1 fully saturated rings. The Morgan fingerprint density at radius 3 is 2.46 bits per heavy atom. The minimum absolute atomic E-state index is 0.0179. The van der Waals surface area contributed by atoms with Gasteiger partial charge in [-0.25, -0.2) is 0 Å². The number of carbonyl (C=O) groups is 2. The predicted octanol–water partition coefficient (Wildman–Crippen LogP) is 4.58. The average molecular weight is 573 g/mol. The van der Waals surface area contributed by atoms with Gasteiger partial charge >= 0.3 is 0 Å². The van der Waals surface area contributed by atoms with Gasteiger partial charge in [-0.3, -0.25) is 14.6 Å². The number of phenolic OH excluding ortho intramolecular Hbond substituents is 1. The van der Waals surface area contributed by atoms with E-state index in [4.69, 9.17) is 39.8 Å². The third-order valence-corrected chi connectivity index (χ3v) is 7.07. The maximum atomic E-state index is 13.2. The van der Waals surface area contributed by atoms with E-state index in [-0.39, 0.29) is 28.5 Å². The number of hydrogen-bond acceptors (Lipinski definition) is 4. The van der Waals surface area contributed by atoms with Crippen LogP contribution in [-0.4, -0.2) is 64.9 Å². The van der Waals surface area contributed by atoms with E-state index < -0.39 is 6.04 Å². The number of nitrogens with zero attached hydrogens (tertiary/aromatic N) is 3. The van der Waals surface area contributed by atoms with Gasteiger partial charge in [0, 0.05) is 37.6 Å². The fraction of sp³-hybridized carbons (Fsp3) is 0.345. The Kier molecular flexibility index (Phi) is 11.3. The number of rotatable bonds is 8. The van der Waals surface area contributed by atoms with E-state index in [1.165, 1.54) is 28.5 Å². The molecule has 3 aromatic carbocycles. The molecule has 2 amide bonds. The Bertz CT molecular complexity index is 1310. The van der Waals surface area contributed by atoms with Crippen LogP contribution >= 0.6 is 23.2 Å². The number of carbonyl (C=O) groups excluding carboxylic acids is 2. The van der Waals surface area contributed by atoms with Crippen LogP contribution in [0.3, 0.4) is 0 Å². The van der Waals surface area contributed by atoms with Crippen molar-refractivity contribution in [3.63, 3.8) is 0 Å². The first-order valence-corrected chi connectivity index (χ1v) is 13.7. The molecule has 8 nitrogen and oxygen atoms in total. The standard InChI is InChI=1S/C23H31N5O2.C6H4Cl2O/c1-2-21(29)28-15-14-27(22(30)20(28)8-5-12-26-23(24)25)13-11-17-9-10-18-6-3-4-7-19(18)16-17;7-4-1-2-6(9)5(8)3-4/h3-4,6-7,9-10,16,20H,2,5,8,11-15H2,1H3,(H4,24,25,26);1-3,9H. The van der Waals surface area contributed by atoms with Crippen LogP contribution in [0.5, 0.6) is 5.75 Å². The Labute approximate surface area is 239 Å². The number of benzene rings is 3. The summed E-state index contributed by atoms with van der Waals surface area (Å²) < 4.78 is 0. The molecule has 1 atom stereocenters. The molecular weight excluding hydrogens is 537 g/mol. The van der Waals surface area contributed by atoms with Crippen molar-refractivity contribution in [2.75, 3.05) is 26.2 Å². The molecule has 208 valence electrons. The summed E-state index contributed by atoms with van der Waals surface area (Å²) in [5, 5.41) is 12.1. The van der Waals surface area contributed by atoms with E-state index in [1.54, 1.807) is 11.0 Å². The van der Waals surface area contributed by atoms with Crippen LogP contribution in [-0.2, 0) is 16.0 Å². The van der Waals surface area contributed by atoms with Crippen LogP contribution in [0.2, 0.25) is 10.0 Å². The fourth-order valence-electron chi connectivity index (χ4n) is 4.47. The molecule has 5 N–H and O–H groups in total. The smallest absolute Gasteiger partial charge is 0.245 e. The number of fused-ring (bicyclic) bond motifs is 1. The van der Waals surface area contributed by atoms with Crippen LogP contribution in [0.25, 0.3) is 10.8 Å². The summed E-state index contributed by atoms with van der Waals surface area (Å²) in [5.74, 6) is 0.141. The molecule has 0 bridgehead atoms. The molecule has 0 aliphatic carbocycles. The van der Waals surface area contributed by atoms with Crippen LogP contribution in [0.4, 0.5) is 0 Å². The molecule has 1 saturated heterocycles. The van der Waals surface area contributed by atoms with E-state index in [1.807, 2.05) is 24.0 Å². The number of halogens is 2. The third kappa shape index (κ3) is 8.76. The van der Waals surface area contributed by atoms with Crippen molar-refractivity contribution in [3.8, 4) is 5.75 Å². The number of aliphatic imine (C=N–C) groups is 1. The van der Waals surface area contributed by atoms with Gasteiger partial charge in [0.1, 0.15) is 11.8 Å². The lowest BCUT2D eigenvalue weighted by molar-refractivity contribution is -0.151. The minimum Gasteiger partial charge on any atom is -0.506 e. The van der Waals surface area contributed by atoms with Crippen molar-refractivity contribution >= 4 is 51.7 Å². The summed E-state index contributed by atoms with van der Waals surface area (Å²) in [7, 11) is 0. The average Bonchev–Trinajstić information content (AvgIpc) is 2.93. The zero-order chi connectivity index (χ0) is 28.4. The van der Waals surface area contributed by atoms with Gasteiger partial charge in [-0.2, -0.15) is 0 Å². The molecule has 0 aromatic heterocycles. The fourth-order valence-corrected chi connectivity index (χ4v) is 4.88. The van der Waals surface area contributed by atoms with Crippen LogP contribution in [0.1, 0.15) is 31.7 Å². The summed E-state index contributed by atoms with van der Waals surface area (Å²) in [6.45, 7) is 4.08. The highest BCUT2D eigenvalue weighted by atomic mass is 35.5. The maximum Gasteiger partial charge on any atom is 0.245 e. The van der Waals surface area contributed by atoms with Gasteiger partial charge in [-0.05, 0) is 53.8 Å². The molecule has 1 aliphatic heterocycles. The van der Waals surface area contributed by atoms with Gasteiger partial charge in [0.2, 0.25) is 11.8 Å². The summed E-state index contributed by atoms with van der Waals surface area (Å²) in [6.07, 6.45) is 2.40. The van der Waals surface area contributed by atoms with Crippen molar-refractivity contribution < 1.29 is 14.7 Å². The molecule has 10 heteroatoms.